The Morgan fingerprint density at radius 1 is 1.11 bits per heavy atom. The molecule has 0 bridgehead atoms. The van der Waals surface area contributed by atoms with Crippen LogP contribution < -0.4 is 10.6 Å². The summed E-state index contributed by atoms with van der Waals surface area (Å²) in [5.41, 5.74) is -0.337. The summed E-state index contributed by atoms with van der Waals surface area (Å²) in [6.07, 6.45) is 3.89. The molecule has 0 spiro atoms. The minimum absolute atomic E-state index is 0.0431. The summed E-state index contributed by atoms with van der Waals surface area (Å²) in [7, 11) is 0. The zero-order chi connectivity index (χ0) is 27.0. The van der Waals surface area contributed by atoms with Crippen LogP contribution >= 0.6 is 0 Å². The molecule has 1 fully saturated rings. The summed E-state index contributed by atoms with van der Waals surface area (Å²) in [4.78, 5) is 42.1. The Morgan fingerprint density at radius 2 is 1.75 bits per heavy atom. The predicted octanol–water partition coefficient (Wildman–Crippen LogP) is 5.06. The van der Waals surface area contributed by atoms with Crippen LogP contribution in [-0.2, 0) is 14.3 Å². The van der Waals surface area contributed by atoms with E-state index >= 15 is 0 Å². The average Bonchev–Trinajstić information content (AvgIpc) is 2.70. The lowest BCUT2D eigenvalue weighted by Gasteiger charge is -2.44. The minimum Gasteiger partial charge on any atom is -0.508 e. The molecule has 202 valence electrons. The molecule has 2 rings (SSSR count). The second kappa shape index (κ2) is 13.0. The van der Waals surface area contributed by atoms with Crippen LogP contribution in [0.25, 0.3) is 0 Å². The molecule has 0 radical (unpaired) electrons. The number of hydrogen-bond acceptors (Lipinski definition) is 5. The van der Waals surface area contributed by atoms with Crippen molar-refractivity contribution in [2.45, 2.75) is 117 Å². The maximum absolute atomic E-state index is 14.2. The van der Waals surface area contributed by atoms with Gasteiger partial charge >= 0.3 is 6.09 Å². The lowest BCUT2D eigenvalue weighted by atomic mass is 9.87. The van der Waals surface area contributed by atoms with Gasteiger partial charge in [0.2, 0.25) is 11.8 Å². The summed E-state index contributed by atoms with van der Waals surface area (Å²) in [5.74, 6) is -0.610. The van der Waals surface area contributed by atoms with Crippen molar-refractivity contribution < 1.29 is 24.2 Å². The molecule has 1 aromatic carbocycles. The molecular formula is C28H45N3O5. The van der Waals surface area contributed by atoms with E-state index in [0.717, 1.165) is 32.1 Å². The largest absolute Gasteiger partial charge is 0.508 e. The van der Waals surface area contributed by atoms with Crippen molar-refractivity contribution in [3.05, 3.63) is 29.8 Å². The number of phenolic OH excluding ortho intramolecular Hbond substituents is 1. The van der Waals surface area contributed by atoms with Crippen LogP contribution in [-0.4, -0.2) is 51.6 Å². The van der Waals surface area contributed by atoms with Crippen LogP contribution in [0, 0.1) is 5.92 Å². The highest BCUT2D eigenvalue weighted by Crippen LogP contribution is 2.37. The number of carbonyl (C=O) groups is 3. The fraction of sp³-hybridized carbons (Fsp3) is 0.679. The molecule has 36 heavy (non-hydrogen) atoms. The lowest BCUT2D eigenvalue weighted by Crippen LogP contribution is -2.58. The number of rotatable bonds is 11. The van der Waals surface area contributed by atoms with Crippen molar-refractivity contribution in [2.75, 3.05) is 0 Å². The van der Waals surface area contributed by atoms with Gasteiger partial charge in [0.05, 0.1) is 0 Å². The first kappa shape index (κ1) is 29.5. The van der Waals surface area contributed by atoms with E-state index in [-0.39, 0.29) is 35.6 Å². The van der Waals surface area contributed by atoms with E-state index in [0.29, 0.717) is 12.0 Å². The summed E-state index contributed by atoms with van der Waals surface area (Å²) in [6, 6.07) is 4.52. The number of hydrogen-bond donors (Lipinski definition) is 3. The van der Waals surface area contributed by atoms with Crippen molar-refractivity contribution in [1.82, 2.24) is 15.5 Å². The van der Waals surface area contributed by atoms with Crippen LogP contribution in [0.1, 0.15) is 98.6 Å². The van der Waals surface area contributed by atoms with E-state index in [1.54, 1.807) is 43.9 Å². The number of nitrogens with zero attached hydrogens (tertiary/aromatic N) is 1. The second-order valence-corrected chi connectivity index (χ2v) is 11.3. The molecule has 0 aliphatic heterocycles. The highest BCUT2D eigenvalue weighted by Gasteiger charge is 2.43. The van der Waals surface area contributed by atoms with Crippen LogP contribution in [0.2, 0.25) is 0 Å². The Labute approximate surface area is 216 Å². The Bertz CT molecular complexity index is 891. The smallest absolute Gasteiger partial charge is 0.408 e. The molecule has 1 aliphatic rings. The third kappa shape index (κ3) is 8.42. The van der Waals surface area contributed by atoms with E-state index in [9.17, 15) is 19.5 Å². The Kier molecular flexibility index (Phi) is 10.6. The number of aromatic hydroxyl groups is 1. The first-order valence-electron chi connectivity index (χ1n) is 13.2. The molecule has 0 saturated heterocycles. The number of benzene rings is 1. The van der Waals surface area contributed by atoms with Crippen LogP contribution in [0.5, 0.6) is 5.75 Å². The Morgan fingerprint density at radius 3 is 2.25 bits per heavy atom. The Hall–Kier alpha value is -2.77. The maximum atomic E-state index is 14.2. The number of carbonyl (C=O) groups excluding carboxylic acids is 3. The number of phenols is 1. The normalized spacial score (nSPS) is 16.4. The monoisotopic (exact) mass is 503 g/mol. The SMILES string of the molecule is CCCC(C)NC(=O)C(c1ccccc1O)N(C(=O)C(CC(C)C)NC(=O)OC(C)(C)C)C1CCC1. The van der Waals surface area contributed by atoms with Gasteiger partial charge in [0.1, 0.15) is 23.4 Å². The summed E-state index contributed by atoms with van der Waals surface area (Å²) in [6.45, 7) is 13.2. The van der Waals surface area contributed by atoms with Gasteiger partial charge in [-0.2, -0.15) is 0 Å². The zero-order valence-electron chi connectivity index (χ0n) is 23.0. The standard InChI is InChI=1S/C28H45N3O5/c1-8-12-19(4)29-25(33)24(21-15-9-10-16-23(21)32)31(20-13-11-14-20)26(34)22(17-18(2)3)30-27(35)36-28(5,6)7/h9-10,15-16,18-20,22,24,32H,8,11-14,17H2,1-7H3,(H,29,33)(H,30,35). The van der Waals surface area contributed by atoms with E-state index < -0.39 is 23.8 Å². The molecular weight excluding hydrogens is 458 g/mol. The number of para-hydroxylation sites is 1. The first-order valence-corrected chi connectivity index (χ1v) is 13.2. The van der Waals surface area contributed by atoms with E-state index in [1.165, 1.54) is 6.07 Å². The van der Waals surface area contributed by atoms with E-state index in [4.69, 9.17) is 4.74 Å². The Balaban J connectivity index is 2.49. The minimum atomic E-state index is -1.02. The molecule has 8 nitrogen and oxygen atoms in total. The van der Waals surface area contributed by atoms with Crippen molar-refractivity contribution >= 4 is 17.9 Å². The molecule has 8 heteroatoms. The van der Waals surface area contributed by atoms with Gasteiger partial charge in [-0.1, -0.05) is 45.4 Å². The molecule has 0 aromatic heterocycles. The quantitative estimate of drug-likeness (QED) is 0.391. The summed E-state index contributed by atoms with van der Waals surface area (Å²) >= 11 is 0. The average molecular weight is 504 g/mol. The molecule has 1 aromatic rings. The molecule has 1 saturated carbocycles. The van der Waals surface area contributed by atoms with Crippen LogP contribution in [0.4, 0.5) is 4.79 Å². The van der Waals surface area contributed by atoms with E-state index in [1.807, 2.05) is 27.7 Å². The first-order chi connectivity index (χ1) is 16.8. The maximum Gasteiger partial charge on any atom is 0.408 e. The van der Waals surface area contributed by atoms with Crippen molar-refractivity contribution in [1.29, 1.82) is 0 Å². The van der Waals surface area contributed by atoms with E-state index in [2.05, 4.69) is 10.6 Å². The van der Waals surface area contributed by atoms with Crippen LogP contribution in [0.3, 0.4) is 0 Å². The molecule has 3 N–H and O–H groups in total. The highest BCUT2D eigenvalue weighted by atomic mass is 16.6. The number of amides is 3. The van der Waals surface area contributed by atoms with Gasteiger partial charge in [-0.3, -0.25) is 9.59 Å². The molecule has 3 atom stereocenters. The van der Waals surface area contributed by atoms with Gasteiger partial charge < -0.3 is 25.4 Å². The molecule has 1 aliphatic carbocycles. The van der Waals surface area contributed by atoms with Crippen LogP contribution in [0.15, 0.2) is 24.3 Å². The fourth-order valence-corrected chi connectivity index (χ4v) is 4.47. The van der Waals surface area contributed by atoms with Gasteiger partial charge in [0.25, 0.3) is 0 Å². The lowest BCUT2D eigenvalue weighted by molar-refractivity contribution is -0.148. The van der Waals surface area contributed by atoms with Crippen molar-refractivity contribution in [2.24, 2.45) is 5.92 Å². The molecule has 3 amide bonds. The highest BCUT2D eigenvalue weighted by molar-refractivity contribution is 5.93. The molecule has 0 heterocycles. The van der Waals surface area contributed by atoms with Crippen molar-refractivity contribution in [3.8, 4) is 5.75 Å². The second-order valence-electron chi connectivity index (χ2n) is 11.3. The van der Waals surface area contributed by atoms with Gasteiger partial charge in [0, 0.05) is 17.6 Å². The number of ether oxygens (including phenoxy) is 1. The topological polar surface area (TPSA) is 108 Å². The van der Waals surface area contributed by atoms with Gasteiger partial charge in [-0.05, 0) is 71.8 Å². The summed E-state index contributed by atoms with van der Waals surface area (Å²) < 4.78 is 5.43. The number of alkyl carbamates (subject to hydrolysis) is 1. The third-order valence-electron chi connectivity index (χ3n) is 6.29. The fourth-order valence-electron chi connectivity index (χ4n) is 4.47. The summed E-state index contributed by atoms with van der Waals surface area (Å²) in [5, 5.41) is 16.5. The third-order valence-corrected chi connectivity index (χ3v) is 6.29. The van der Waals surface area contributed by atoms with Gasteiger partial charge in [-0.25, -0.2) is 4.79 Å². The van der Waals surface area contributed by atoms with Gasteiger partial charge in [0.15, 0.2) is 0 Å². The predicted molar refractivity (Wildman–Crippen MR) is 140 cm³/mol. The van der Waals surface area contributed by atoms with Crippen molar-refractivity contribution in [3.63, 3.8) is 0 Å². The zero-order valence-corrected chi connectivity index (χ0v) is 23.0. The number of nitrogens with one attached hydrogen (secondary N) is 2. The molecule has 3 unspecified atom stereocenters. The van der Waals surface area contributed by atoms with Gasteiger partial charge in [-0.15, -0.1) is 0 Å².